The lowest BCUT2D eigenvalue weighted by Gasteiger charge is -2.19. The first-order chi connectivity index (χ1) is 14.0. The highest BCUT2D eigenvalue weighted by molar-refractivity contribution is 9.11. The minimum atomic E-state index is -0.252. The van der Waals surface area contributed by atoms with Crippen LogP contribution in [0.25, 0.3) is 23.1 Å². The first-order valence-electron chi connectivity index (χ1n) is 9.56. The molecule has 152 valence electrons. The molecule has 3 aromatic rings. The summed E-state index contributed by atoms with van der Waals surface area (Å²) in [5.74, 6) is 1.14. The van der Waals surface area contributed by atoms with E-state index in [9.17, 15) is 4.39 Å². The van der Waals surface area contributed by atoms with E-state index in [0.29, 0.717) is 5.82 Å². The van der Waals surface area contributed by atoms with Crippen LogP contribution in [0, 0.1) is 5.82 Å². The molecule has 3 rings (SSSR count). The molecule has 0 saturated heterocycles. The maximum Gasteiger partial charge on any atom is 0.155 e. The van der Waals surface area contributed by atoms with Gasteiger partial charge in [-0.1, -0.05) is 48.0 Å². The smallest absolute Gasteiger partial charge is 0.155 e. The molecule has 2 aromatic carbocycles. The van der Waals surface area contributed by atoms with Gasteiger partial charge in [-0.15, -0.1) is 0 Å². The molecule has 0 fully saturated rings. The van der Waals surface area contributed by atoms with Crippen molar-refractivity contribution >= 4 is 60.7 Å². The van der Waals surface area contributed by atoms with E-state index in [0.717, 1.165) is 57.4 Å². The molecule has 0 saturated carbocycles. The first kappa shape index (κ1) is 21.9. The molecular weight excluding hydrogens is 499 g/mol. The Morgan fingerprint density at radius 2 is 1.76 bits per heavy atom. The zero-order valence-electron chi connectivity index (χ0n) is 16.4. The number of anilines is 1. The molecule has 4 nitrogen and oxygen atoms in total. The quantitative estimate of drug-likeness (QED) is 0.382. The van der Waals surface area contributed by atoms with Crippen LogP contribution in [0.4, 0.5) is 10.2 Å². The third kappa shape index (κ3) is 5.84. The Bertz CT molecular complexity index is 1000. The van der Waals surface area contributed by atoms with E-state index in [1.54, 1.807) is 12.1 Å². The van der Waals surface area contributed by atoms with E-state index in [4.69, 9.17) is 9.97 Å². The topological polar surface area (TPSA) is 41.0 Å². The number of halogens is 3. The number of nitrogens with one attached hydrogen (secondary N) is 1. The van der Waals surface area contributed by atoms with Gasteiger partial charge in [0.2, 0.25) is 0 Å². The Morgan fingerprint density at radius 3 is 2.45 bits per heavy atom. The minimum Gasteiger partial charge on any atom is -0.368 e. The Labute approximate surface area is 187 Å². The van der Waals surface area contributed by atoms with Gasteiger partial charge in [0, 0.05) is 27.4 Å². The fraction of sp³-hybridized carbons (Fsp3) is 0.273. The second-order valence-corrected chi connectivity index (χ2v) is 8.32. The summed E-state index contributed by atoms with van der Waals surface area (Å²) < 4.78 is 15.0. The molecule has 0 unspecified atom stereocenters. The maximum atomic E-state index is 13.1. The van der Waals surface area contributed by atoms with E-state index in [1.807, 2.05) is 24.3 Å². The van der Waals surface area contributed by atoms with Crippen molar-refractivity contribution in [2.45, 2.75) is 13.8 Å². The van der Waals surface area contributed by atoms with Crippen LogP contribution in [0.3, 0.4) is 0 Å². The van der Waals surface area contributed by atoms with Crippen molar-refractivity contribution in [1.82, 2.24) is 14.9 Å². The molecule has 29 heavy (non-hydrogen) atoms. The zero-order chi connectivity index (χ0) is 20.8. The van der Waals surface area contributed by atoms with Crippen LogP contribution < -0.4 is 5.32 Å². The van der Waals surface area contributed by atoms with Gasteiger partial charge in [-0.05, 0) is 64.9 Å². The summed E-state index contributed by atoms with van der Waals surface area (Å²) in [4.78, 5) is 11.8. The van der Waals surface area contributed by atoms with Crippen molar-refractivity contribution in [2.24, 2.45) is 0 Å². The number of nitrogens with zero attached hydrogens (tertiary/aromatic N) is 3. The van der Waals surface area contributed by atoms with Crippen molar-refractivity contribution in [3.05, 3.63) is 62.5 Å². The summed E-state index contributed by atoms with van der Waals surface area (Å²) in [6, 6.07) is 10.3. The molecule has 0 radical (unpaired) electrons. The van der Waals surface area contributed by atoms with Gasteiger partial charge in [0.15, 0.2) is 5.82 Å². The number of aromatic nitrogens is 2. The van der Waals surface area contributed by atoms with Gasteiger partial charge in [0.05, 0.1) is 5.52 Å². The normalized spacial score (nSPS) is 11.7. The standard InChI is InChI=1S/C22H23Br2FN4/c1-3-29(4-2)12-11-26-22-18-13-16(23)14-19(24)21(18)27-20(28-22)10-7-15-5-8-17(25)9-6-15/h5-10,13-14H,3-4,11-12H2,1-2H3,(H,26,27,28). The summed E-state index contributed by atoms with van der Waals surface area (Å²) in [6.45, 7) is 8.09. The van der Waals surface area contributed by atoms with E-state index < -0.39 is 0 Å². The van der Waals surface area contributed by atoms with Gasteiger partial charge in [-0.25, -0.2) is 14.4 Å². The fourth-order valence-electron chi connectivity index (χ4n) is 3.00. The van der Waals surface area contributed by atoms with Gasteiger partial charge in [0.25, 0.3) is 0 Å². The predicted molar refractivity (Wildman–Crippen MR) is 127 cm³/mol. The van der Waals surface area contributed by atoms with Crippen LogP contribution in [0.15, 0.2) is 45.3 Å². The van der Waals surface area contributed by atoms with Crippen LogP contribution in [-0.4, -0.2) is 41.0 Å². The van der Waals surface area contributed by atoms with E-state index in [-0.39, 0.29) is 5.82 Å². The van der Waals surface area contributed by atoms with Crippen molar-refractivity contribution in [3.8, 4) is 0 Å². The summed E-state index contributed by atoms with van der Waals surface area (Å²) in [7, 11) is 0. The number of fused-ring (bicyclic) bond motifs is 1. The van der Waals surface area contributed by atoms with Crippen molar-refractivity contribution < 1.29 is 4.39 Å². The number of hydrogen-bond acceptors (Lipinski definition) is 4. The molecule has 1 aromatic heterocycles. The molecule has 0 atom stereocenters. The monoisotopic (exact) mass is 520 g/mol. The lowest BCUT2D eigenvalue weighted by molar-refractivity contribution is 0.316. The summed E-state index contributed by atoms with van der Waals surface area (Å²) in [6.07, 6.45) is 3.73. The highest BCUT2D eigenvalue weighted by Gasteiger charge is 2.11. The van der Waals surface area contributed by atoms with E-state index >= 15 is 0 Å². The molecular formula is C22H23Br2FN4. The highest BCUT2D eigenvalue weighted by Crippen LogP contribution is 2.31. The molecule has 7 heteroatoms. The Morgan fingerprint density at radius 1 is 1.03 bits per heavy atom. The van der Waals surface area contributed by atoms with E-state index in [2.05, 4.69) is 55.9 Å². The number of benzene rings is 2. The number of likely N-dealkylation sites (N-methyl/N-ethyl adjacent to an activating group) is 1. The molecule has 0 amide bonds. The van der Waals surface area contributed by atoms with Crippen LogP contribution in [-0.2, 0) is 0 Å². The molecule has 0 bridgehead atoms. The molecule has 1 heterocycles. The predicted octanol–water partition coefficient (Wildman–Crippen LogP) is 6.22. The molecule has 0 aliphatic heterocycles. The van der Waals surface area contributed by atoms with Crippen molar-refractivity contribution in [3.63, 3.8) is 0 Å². The first-order valence-corrected chi connectivity index (χ1v) is 11.2. The summed E-state index contributed by atoms with van der Waals surface area (Å²) >= 11 is 7.16. The number of rotatable bonds is 8. The molecule has 0 aliphatic rings. The Hall–Kier alpha value is -1.83. The lowest BCUT2D eigenvalue weighted by atomic mass is 10.2. The van der Waals surface area contributed by atoms with Crippen LogP contribution in [0.5, 0.6) is 0 Å². The largest absolute Gasteiger partial charge is 0.368 e. The summed E-state index contributed by atoms with van der Waals surface area (Å²) in [5.41, 5.74) is 1.73. The van der Waals surface area contributed by atoms with Crippen LogP contribution in [0.2, 0.25) is 0 Å². The van der Waals surface area contributed by atoms with Crippen LogP contribution in [0.1, 0.15) is 25.2 Å². The third-order valence-electron chi connectivity index (χ3n) is 4.65. The van der Waals surface area contributed by atoms with Crippen molar-refractivity contribution in [2.75, 3.05) is 31.5 Å². The average molecular weight is 522 g/mol. The van der Waals surface area contributed by atoms with Gasteiger partial charge in [0.1, 0.15) is 11.6 Å². The average Bonchev–Trinajstić information content (AvgIpc) is 2.71. The Kier molecular flexibility index (Phi) is 7.75. The number of hydrogen-bond donors (Lipinski definition) is 1. The fourth-order valence-corrected chi connectivity index (χ4v) is 4.31. The highest BCUT2D eigenvalue weighted by atomic mass is 79.9. The Balaban J connectivity index is 1.93. The lowest BCUT2D eigenvalue weighted by Crippen LogP contribution is -2.28. The van der Waals surface area contributed by atoms with Crippen molar-refractivity contribution in [1.29, 1.82) is 0 Å². The van der Waals surface area contributed by atoms with Gasteiger partial charge in [-0.3, -0.25) is 0 Å². The molecule has 0 spiro atoms. The second-order valence-electron chi connectivity index (χ2n) is 6.55. The SMILES string of the molecule is CCN(CC)CCNc1nc(C=Cc2ccc(F)cc2)nc2c(Br)cc(Br)cc12. The van der Waals surface area contributed by atoms with Gasteiger partial charge in [-0.2, -0.15) is 0 Å². The van der Waals surface area contributed by atoms with Gasteiger partial charge >= 0.3 is 0 Å². The summed E-state index contributed by atoms with van der Waals surface area (Å²) in [5, 5.41) is 4.42. The minimum absolute atomic E-state index is 0.252. The zero-order valence-corrected chi connectivity index (χ0v) is 19.6. The van der Waals surface area contributed by atoms with E-state index in [1.165, 1.54) is 12.1 Å². The molecule has 1 N–H and O–H groups in total. The maximum absolute atomic E-state index is 13.1. The van der Waals surface area contributed by atoms with Gasteiger partial charge < -0.3 is 10.2 Å². The molecule has 0 aliphatic carbocycles. The third-order valence-corrected chi connectivity index (χ3v) is 5.71. The van der Waals surface area contributed by atoms with Crippen LogP contribution >= 0.6 is 31.9 Å². The second kappa shape index (κ2) is 10.3.